The molecule has 2 heterocycles. The number of amides is 1. The lowest BCUT2D eigenvalue weighted by molar-refractivity contribution is -0.130. The zero-order chi connectivity index (χ0) is 15.4. The number of nitrogens with zero attached hydrogens (tertiary/aromatic N) is 2. The summed E-state index contributed by atoms with van der Waals surface area (Å²) >= 11 is 1.56. The van der Waals surface area contributed by atoms with E-state index in [1.807, 2.05) is 36.1 Å². The van der Waals surface area contributed by atoms with E-state index in [0.717, 1.165) is 41.9 Å². The van der Waals surface area contributed by atoms with Gasteiger partial charge in [-0.3, -0.25) is 4.79 Å². The second kappa shape index (κ2) is 7.14. The van der Waals surface area contributed by atoms with Crippen LogP contribution in [0, 0.1) is 0 Å². The van der Waals surface area contributed by atoms with Crippen LogP contribution in [0.2, 0.25) is 0 Å². The Labute approximate surface area is 136 Å². The summed E-state index contributed by atoms with van der Waals surface area (Å²) in [7, 11) is 0. The predicted octanol–water partition coefficient (Wildman–Crippen LogP) is 4.12. The molecule has 22 heavy (non-hydrogen) atoms. The van der Waals surface area contributed by atoms with Crippen molar-refractivity contribution in [2.75, 3.05) is 13.1 Å². The molecule has 1 atom stereocenters. The molecule has 3 nitrogen and oxygen atoms in total. The number of carbonyl (C=O) groups is 1. The van der Waals surface area contributed by atoms with Gasteiger partial charge in [0.2, 0.25) is 5.91 Å². The molecule has 2 aromatic rings. The van der Waals surface area contributed by atoms with Gasteiger partial charge in [0.05, 0.1) is 15.8 Å². The van der Waals surface area contributed by atoms with Gasteiger partial charge in [-0.1, -0.05) is 48.9 Å². The van der Waals surface area contributed by atoms with Crippen LogP contribution in [0.5, 0.6) is 0 Å². The van der Waals surface area contributed by atoms with E-state index in [0.29, 0.717) is 0 Å². The van der Waals surface area contributed by atoms with Crippen LogP contribution >= 0.6 is 11.8 Å². The third-order valence-electron chi connectivity index (χ3n) is 4.14. The van der Waals surface area contributed by atoms with Crippen LogP contribution < -0.4 is 0 Å². The monoisotopic (exact) mass is 314 g/mol. The fourth-order valence-corrected chi connectivity index (χ4v) is 3.80. The number of carbonyl (C=O) groups excluding carboxylic acids is 1. The van der Waals surface area contributed by atoms with Gasteiger partial charge in [0.1, 0.15) is 0 Å². The summed E-state index contributed by atoms with van der Waals surface area (Å²) in [6, 6.07) is 12.2. The van der Waals surface area contributed by atoms with Crippen molar-refractivity contribution < 1.29 is 4.79 Å². The molecule has 0 bridgehead atoms. The van der Waals surface area contributed by atoms with E-state index in [2.05, 4.69) is 17.1 Å². The van der Waals surface area contributed by atoms with Crippen molar-refractivity contribution in [1.82, 2.24) is 9.88 Å². The number of aromatic nitrogens is 1. The van der Waals surface area contributed by atoms with Crippen LogP contribution in [-0.4, -0.2) is 34.1 Å². The molecule has 1 aliphatic heterocycles. The van der Waals surface area contributed by atoms with Crippen molar-refractivity contribution in [1.29, 1.82) is 0 Å². The van der Waals surface area contributed by atoms with Crippen molar-refractivity contribution >= 4 is 28.6 Å². The van der Waals surface area contributed by atoms with Crippen molar-refractivity contribution in [2.45, 2.75) is 42.9 Å². The Kier molecular flexibility index (Phi) is 4.98. The summed E-state index contributed by atoms with van der Waals surface area (Å²) in [6.07, 6.45) is 4.77. The molecule has 1 aliphatic rings. The Morgan fingerprint density at radius 3 is 2.59 bits per heavy atom. The summed E-state index contributed by atoms with van der Waals surface area (Å²) in [5, 5.41) is 1.99. The number of hydrogen-bond acceptors (Lipinski definition) is 3. The van der Waals surface area contributed by atoms with Gasteiger partial charge in [0.25, 0.3) is 0 Å². The number of rotatable bonds is 3. The highest BCUT2D eigenvalue weighted by molar-refractivity contribution is 8.00. The Bertz CT molecular complexity index is 650. The van der Waals surface area contributed by atoms with E-state index >= 15 is 0 Å². The normalized spacial score (nSPS) is 17.2. The van der Waals surface area contributed by atoms with Crippen LogP contribution in [0.4, 0.5) is 0 Å². The van der Waals surface area contributed by atoms with E-state index in [-0.39, 0.29) is 11.2 Å². The molecular formula is C18H22N2OS. The van der Waals surface area contributed by atoms with Gasteiger partial charge in [-0.25, -0.2) is 4.98 Å². The van der Waals surface area contributed by atoms with Gasteiger partial charge < -0.3 is 4.90 Å². The van der Waals surface area contributed by atoms with E-state index in [1.54, 1.807) is 11.8 Å². The molecule has 116 valence electrons. The molecule has 1 aromatic carbocycles. The number of para-hydroxylation sites is 1. The summed E-state index contributed by atoms with van der Waals surface area (Å²) in [5.41, 5.74) is 0.988. The topological polar surface area (TPSA) is 33.2 Å². The molecule has 1 aromatic heterocycles. The van der Waals surface area contributed by atoms with E-state index in [4.69, 9.17) is 0 Å². The molecular weight excluding hydrogens is 292 g/mol. The standard InChI is InChI=1S/C18H22N2OS/c1-14(18(21)20-12-6-2-3-7-13-20)22-17-11-10-15-8-4-5-9-16(15)19-17/h4-5,8-11,14H,2-3,6-7,12-13H2,1H3. The summed E-state index contributed by atoms with van der Waals surface area (Å²) < 4.78 is 0. The lowest BCUT2D eigenvalue weighted by Crippen LogP contribution is -2.37. The van der Waals surface area contributed by atoms with E-state index < -0.39 is 0 Å². The first-order valence-electron chi connectivity index (χ1n) is 8.05. The highest BCUT2D eigenvalue weighted by Gasteiger charge is 2.22. The molecule has 0 aliphatic carbocycles. The molecule has 3 rings (SSSR count). The summed E-state index contributed by atoms with van der Waals surface area (Å²) in [4.78, 5) is 19.3. The number of pyridine rings is 1. The van der Waals surface area contributed by atoms with Gasteiger partial charge in [-0.15, -0.1) is 0 Å². The molecule has 0 radical (unpaired) electrons. The Morgan fingerprint density at radius 2 is 1.82 bits per heavy atom. The van der Waals surface area contributed by atoms with E-state index in [9.17, 15) is 4.79 Å². The van der Waals surface area contributed by atoms with Crippen LogP contribution in [0.3, 0.4) is 0 Å². The first-order chi connectivity index (χ1) is 10.7. The van der Waals surface area contributed by atoms with Gasteiger partial charge in [-0.2, -0.15) is 0 Å². The number of thioether (sulfide) groups is 1. The van der Waals surface area contributed by atoms with Crippen molar-refractivity contribution in [3.05, 3.63) is 36.4 Å². The van der Waals surface area contributed by atoms with Gasteiger partial charge in [-0.05, 0) is 31.9 Å². The molecule has 0 saturated carbocycles. The fraction of sp³-hybridized carbons (Fsp3) is 0.444. The lowest BCUT2D eigenvalue weighted by atomic mass is 10.2. The minimum atomic E-state index is -0.0771. The minimum Gasteiger partial charge on any atom is -0.342 e. The minimum absolute atomic E-state index is 0.0771. The average Bonchev–Trinajstić information content (AvgIpc) is 2.83. The van der Waals surface area contributed by atoms with Crippen LogP contribution in [-0.2, 0) is 4.79 Å². The second-order valence-corrected chi connectivity index (χ2v) is 7.20. The molecule has 0 spiro atoms. The maximum Gasteiger partial charge on any atom is 0.235 e. The number of benzene rings is 1. The highest BCUT2D eigenvalue weighted by atomic mass is 32.2. The first-order valence-corrected chi connectivity index (χ1v) is 8.93. The lowest BCUT2D eigenvalue weighted by Gasteiger charge is -2.23. The number of likely N-dealkylation sites (tertiary alicyclic amines) is 1. The highest BCUT2D eigenvalue weighted by Crippen LogP contribution is 2.25. The van der Waals surface area contributed by atoms with Crippen molar-refractivity contribution in [3.8, 4) is 0 Å². The smallest absolute Gasteiger partial charge is 0.235 e. The Morgan fingerprint density at radius 1 is 1.09 bits per heavy atom. The fourth-order valence-electron chi connectivity index (χ4n) is 2.89. The average molecular weight is 314 g/mol. The van der Waals surface area contributed by atoms with Crippen LogP contribution in [0.1, 0.15) is 32.6 Å². The number of hydrogen-bond donors (Lipinski definition) is 0. The van der Waals surface area contributed by atoms with Crippen molar-refractivity contribution in [3.63, 3.8) is 0 Å². The van der Waals surface area contributed by atoms with Gasteiger partial charge in [0, 0.05) is 18.5 Å². The third-order valence-corrected chi connectivity index (χ3v) is 5.16. The van der Waals surface area contributed by atoms with E-state index in [1.165, 1.54) is 12.8 Å². The quantitative estimate of drug-likeness (QED) is 0.799. The molecule has 1 fully saturated rings. The number of fused-ring (bicyclic) bond motifs is 1. The third kappa shape index (κ3) is 3.61. The molecule has 0 N–H and O–H groups in total. The second-order valence-electron chi connectivity index (χ2n) is 5.84. The zero-order valence-corrected chi connectivity index (χ0v) is 13.8. The maximum absolute atomic E-state index is 12.6. The van der Waals surface area contributed by atoms with Crippen molar-refractivity contribution in [2.24, 2.45) is 0 Å². The summed E-state index contributed by atoms with van der Waals surface area (Å²) in [6.45, 7) is 3.82. The molecule has 1 amide bonds. The van der Waals surface area contributed by atoms with Crippen LogP contribution in [0.15, 0.2) is 41.4 Å². The molecule has 1 saturated heterocycles. The first kappa shape index (κ1) is 15.3. The SMILES string of the molecule is CC(Sc1ccc2ccccc2n1)C(=O)N1CCCCCC1. The van der Waals surface area contributed by atoms with Crippen LogP contribution in [0.25, 0.3) is 10.9 Å². The largest absolute Gasteiger partial charge is 0.342 e. The zero-order valence-electron chi connectivity index (χ0n) is 13.0. The Hall–Kier alpha value is -1.55. The predicted molar refractivity (Wildman–Crippen MR) is 92.1 cm³/mol. The maximum atomic E-state index is 12.6. The molecule has 4 heteroatoms. The summed E-state index contributed by atoms with van der Waals surface area (Å²) in [5.74, 6) is 0.252. The molecule has 1 unspecified atom stereocenters. The van der Waals surface area contributed by atoms with Gasteiger partial charge >= 0.3 is 0 Å². The Balaban J connectivity index is 1.68. The van der Waals surface area contributed by atoms with Gasteiger partial charge in [0.15, 0.2) is 0 Å².